The van der Waals surface area contributed by atoms with Gasteiger partial charge in [0, 0.05) is 24.0 Å². The quantitative estimate of drug-likeness (QED) is 0.925. The second kappa shape index (κ2) is 5.89. The molecule has 2 aromatic rings. The lowest BCUT2D eigenvalue weighted by molar-refractivity contribution is 0.603. The second-order valence-corrected chi connectivity index (χ2v) is 8.53. The topological polar surface area (TPSA) is 49.4 Å². The zero-order valence-corrected chi connectivity index (χ0v) is 13.8. The molecule has 0 spiro atoms. The molecule has 1 fully saturated rings. The number of nitrogens with one attached hydrogen (secondary N) is 1. The van der Waals surface area contributed by atoms with Gasteiger partial charge >= 0.3 is 0 Å². The first-order chi connectivity index (χ1) is 10.5. The third-order valence-corrected chi connectivity index (χ3v) is 6.50. The van der Waals surface area contributed by atoms with Crippen molar-refractivity contribution in [1.29, 1.82) is 0 Å². The van der Waals surface area contributed by atoms with Crippen LogP contribution in [0.3, 0.4) is 0 Å². The van der Waals surface area contributed by atoms with Crippen molar-refractivity contribution in [2.24, 2.45) is 0 Å². The molecular formula is C15H17FN2O2S2. The van der Waals surface area contributed by atoms with E-state index < -0.39 is 15.8 Å². The van der Waals surface area contributed by atoms with Crippen LogP contribution in [0, 0.1) is 12.7 Å². The number of aryl methyl sites for hydroxylation is 1. The highest BCUT2D eigenvalue weighted by atomic mass is 32.2. The van der Waals surface area contributed by atoms with Crippen molar-refractivity contribution in [1.82, 2.24) is 0 Å². The minimum atomic E-state index is -3.65. The fourth-order valence-electron chi connectivity index (χ4n) is 2.55. The van der Waals surface area contributed by atoms with Crippen molar-refractivity contribution >= 4 is 32.7 Å². The summed E-state index contributed by atoms with van der Waals surface area (Å²) in [5.41, 5.74) is 0.777. The molecule has 0 atom stereocenters. The summed E-state index contributed by atoms with van der Waals surface area (Å²) in [4.78, 5) is 2.90. The molecule has 7 heteroatoms. The molecule has 2 heterocycles. The van der Waals surface area contributed by atoms with E-state index in [9.17, 15) is 12.8 Å². The highest BCUT2D eigenvalue weighted by Gasteiger charge is 2.19. The third-order valence-electron chi connectivity index (χ3n) is 3.63. The predicted octanol–water partition coefficient (Wildman–Crippen LogP) is 3.60. The van der Waals surface area contributed by atoms with E-state index in [0.29, 0.717) is 5.69 Å². The van der Waals surface area contributed by atoms with Crippen molar-refractivity contribution < 1.29 is 12.8 Å². The number of hydrogen-bond acceptors (Lipinski definition) is 4. The minimum absolute atomic E-state index is 0.231. The van der Waals surface area contributed by atoms with E-state index in [0.717, 1.165) is 30.8 Å². The van der Waals surface area contributed by atoms with Gasteiger partial charge in [0.1, 0.15) is 10.0 Å². The van der Waals surface area contributed by atoms with Crippen LogP contribution in [0.1, 0.15) is 17.7 Å². The van der Waals surface area contributed by atoms with Crippen molar-refractivity contribution in [3.05, 3.63) is 41.0 Å². The predicted molar refractivity (Wildman–Crippen MR) is 87.7 cm³/mol. The molecule has 0 radical (unpaired) electrons. The molecule has 0 bridgehead atoms. The van der Waals surface area contributed by atoms with Crippen molar-refractivity contribution in [2.75, 3.05) is 22.7 Å². The number of rotatable bonds is 4. The van der Waals surface area contributed by atoms with Crippen molar-refractivity contribution in [3.63, 3.8) is 0 Å². The molecule has 0 saturated carbocycles. The first-order valence-electron chi connectivity index (χ1n) is 7.09. The molecule has 118 valence electrons. The van der Waals surface area contributed by atoms with Crippen LogP contribution in [-0.4, -0.2) is 21.5 Å². The summed E-state index contributed by atoms with van der Waals surface area (Å²) in [5.74, 6) is -0.399. The van der Waals surface area contributed by atoms with E-state index in [1.54, 1.807) is 24.3 Å². The normalized spacial score (nSPS) is 15.3. The number of benzene rings is 1. The maximum absolute atomic E-state index is 14.2. The van der Waals surface area contributed by atoms with Crippen LogP contribution < -0.4 is 9.62 Å². The van der Waals surface area contributed by atoms with Gasteiger partial charge in [-0.2, -0.15) is 0 Å². The Morgan fingerprint density at radius 3 is 2.50 bits per heavy atom. The van der Waals surface area contributed by atoms with E-state index in [4.69, 9.17) is 0 Å². The Morgan fingerprint density at radius 2 is 1.91 bits per heavy atom. The fraction of sp³-hybridized carbons (Fsp3) is 0.333. The largest absolute Gasteiger partial charge is 0.369 e. The lowest BCUT2D eigenvalue weighted by atomic mass is 10.2. The van der Waals surface area contributed by atoms with E-state index in [2.05, 4.69) is 4.72 Å². The van der Waals surface area contributed by atoms with Crippen LogP contribution in [0.5, 0.6) is 0 Å². The second-order valence-electron chi connectivity index (χ2n) is 5.33. The highest BCUT2D eigenvalue weighted by molar-refractivity contribution is 7.94. The molecule has 1 aliphatic heterocycles. The molecule has 4 nitrogen and oxygen atoms in total. The molecule has 1 saturated heterocycles. The Bertz CT molecular complexity index is 781. The Morgan fingerprint density at radius 1 is 1.18 bits per heavy atom. The molecule has 1 aromatic heterocycles. The summed E-state index contributed by atoms with van der Waals surface area (Å²) < 4.78 is 41.3. The standard InChI is InChI=1S/C15H17FN2O2S2/c1-11-4-7-15(21-11)22(19,20)17-12-5-6-14(13(16)10-12)18-8-2-3-9-18/h4-7,10,17H,2-3,8-9H2,1H3. The number of nitrogens with zero attached hydrogens (tertiary/aromatic N) is 1. The van der Waals surface area contributed by atoms with E-state index in [1.165, 1.54) is 17.4 Å². The summed E-state index contributed by atoms with van der Waals surface area (Å²) in [6, 6.07) is 7.78. The smallest absolute Gasteiger partial charge is 0.271 e. The summed E-state index contributed by atoms with van der Waals surface area (Å²) >= 11 is 1.19. The molecule has 0 amide bonds. The van der Waals surface area contributed by atoms with Gasteiger partial charge in [0.2, 0.25) is 0 Å². The lowest BCUT2D eigenvalue weighted by Crippen LogP contribution is -2.19. The van der Waals surface area contributed by atoms with Crippen LogP contribution in [0.15, 0.2) is 34.5 Å². The maximum Gasteiger partial charge on any atom is 0.271 e. The molecular weight excluding hydrogens is 323 g/mol. The van der Waals surface area contributed by atoms with Crippen LogP contribution in [0.4, 0.5) is 15.8 Å². The van der Waals surface area contributed by atoms with Crippen LogP contribution in [0.25, 0.3) is 0 Å². The van der Waals surface area contributed by atoms with Gasteiger partial charge in [-0.1, -0.05) is 0 Å². The molecule has 3 rings (SSSR count). The molecule has 0 aliphatic carbocycles. The van der Waals surface area contributed by atoms with Gasteiger partial charge in [0.25, 0.3) is 10.0 Å². The van der Waals surface area contributed by atoms with Gasteiger partial charge < -0.3 is 4.90 Å². The van der Waals surface area contributed by atoms with Crippen molar-refractivity contribution in [2.45, 2.75) is 24.0 Å². The number of hydrogen-bond donors (Lipinski definition) is 1. The molecule has 1 aromatic carbocycles. The fourth-order valence-corrected chi connectivity index (χ4v) is 4.88. The number of sulfonamides is 1. The number of halogens is 1. The first-order valence-corrected chi connectivity index (χ1v) is 9.39. The van der Waals surface area contributed by atoms with Gasteiger partial charge in [0.15, 0.2) is 0 Å². The SMILES string of the molecule is Cc1ccc(S(=O)(=O)Nc2ccc(N3CCCC3)c(F)c2)s1. The number of anilines is 2. The maximum atomic E-state index is 14.2. The third kappa shape index (κ3) is 3.10. The van der Waals surface area contributed by atoms with Gasteiger partial charge in [-0.3, -0.25) is 4.72 Å². The number of thiophene rings is 1. The zero-order chi connectivity index (χ0) is 15.7. The highest BCUT2D eigenvalue weighted by Crippen LogP contribution is 2.28. The average Bonchev–Trinajstić information content (AvgIpc) is 3.09. The molecule has 0 unspecified atom stereocenters. The van der Waals surface area contributed by atoms with Crippen LogP contribution in [0.2, 0.25) is 0 Å². The Balaban J connectivity index is 1.82. The summed E-state index contributed by atoms with van der Waals surface area (Å²) in [5, 5.41) is 0. The summed E-state index contributed by atoms with van der Waals surface area (Å²) in [7, 11) is -3.65. The lowest BCUT2D eigenvalue weighted by Gasteiger charge is -2.19. The van der Waals surface area contributed by atoms with Gasteiger partial charge in [-0.25, -0.2) is 12.8 Å². The summed E-state index contributed by atoms with van der Waals surface area (Å²) in [6.45, 7) is 3.53. The first kappa shape index (κ1) is 15.3. The molecule has 1 N–H and O–H groups in total. The average molecular weight is 340 g/mol. The Kier molecular flexibility index (Phi) is 4.10. The minimum Gasteiger partial charge on any atom is -0.369 e. The Hall–Kier alpha value is -1.60. The summed E-state index contributed by atoms with van der Waals surface area (Å²) in [6.07, 6.45) is 2.12. The van der Waals surface area contributed by atoms with Gasteiger partial charge in [-0.05, 0) is 44.0 Å². The van der Waals surface area contributed by atoms with Crippen LogP contribution >= 0.6 is 11.3 Å². The van der Waals surface area contributed by atoms with Crippen LogP contribution in [-0.2, 0) is 10.0 Å². The molecule has 1 aliphatic rings. The van der Waals surface area contributed by atoms with Gasteiger partial charge in [0.05, 0.1) is 11.4 Å². The van der Waals surface area contributed by atoms with E-state index in [-0.39, 0.29) is 9.90 Å². The zero-order valence-electron chi connectivity index (χ0n) is 12.2. The van der Waals surface area contributed by atoms with Gasteiger partial charge in [-0.15, -0.1) is 11.3 Å². The molecule has 22 heavy (non-hydrogen) atoms. The van der Waals surface area contributed by atoms with Crippen molar-refractivity contribution in [3.8, 4) is 0 Å². The van der Waals surface area contributed by atoms with E-state index in [1.807, 2.05) is 11.8 Å². The monoisotopic (exact) mass is 340 g/mol. The van der Waals surface area contributed by atoms with E-state index >= 15 is 0 Å². The Labute approximate surface area is 133 Å².